The summed E-state index contributed by atoms with van der Waals surface area (Å²) >= 11 is 0. The van der Waals surface area contributed by atoms with Crippen LogP contribution in [0.3, 0.4) is 0 Å². The first-order valence-electron chi connectivity index (χ1n) is 0.730. The molecule has 0 fully saturated rings. The molecule has 0 aromatic carbocycles. The van der Waals surface area contributed by atoms with Gasteiger partial charge in [0.15, 0.2) is 0 Å². The zero-order chi connectivity index (χ0) is 4.50. The molecule has 11 heavy (non-hydrogen) atoms. The van der Waals surface area contributed by atoms with Gasteiger partial charge in [-0.05, 0) is 0 Å². The molecule has 0 radical (unpaired) electrons. The Balaban J connectivity index is -0.00000000533. The molecule has 11 heteroatoms. The molecule has 0 bridgehead atoms. The molecule has 0 rings (SSSR count). The molecular formula is H8FeO8PZn+. The van der Waals surface area contributed by atoms with E-state index >= 15 is 0 Å². The van der Waals surface area contributed by atoms with Gasteiger partial charge in [0.05, 0.1) is 0 Å². The fourth-order valence-corrected chi connectivity index (χ4v) is 0. The first-order chi connectivity index (χ1) is 2.00. The molecule has 0 aliphatic heterocycles. The molecule has 0 heterocycles. The van der Waals surface area contributed by atoms with Crippen LogP contribution >= 0.6 is 7.82 Å². The number of hydrogen-bond donors (Lipinski definition) is 0. The third-order valence-corrected chi connectivity index (χ3v) is 0. The maximum Gasteiger partial charge on any atom is 2.00 e. The normalized spacial score (nSPS) is 5.36. The van der Waals surface area contributed by atoms with E-state index in [1.807, 2.05) is 0 Å². The Morgan fingerprint density at radius 3 is 0.818 bits per heavy atom. The minimum atomic E-state index is -5.39. The van der Waals surface area contributed by atoms with Crippen molar-refractivity contribution in [2.75, 3.05) is 0 Å². The Labute approximate surface area is 85.7 Å². The fourth-order valence-electron chi connectivity index (χ4n) is 0. The average molecular weight is 288 g/mol. The van der Waals surface area contributed by atoms with Gasteiger partial charge < -0.3 is 41.2 Å². The van der Waals surface area contributed by atoms with E-state index in [1.165, 1.54) is 0 Å². The minimum Gasteiger partial charge on any atom is -0.822 e. The van der Waals surface area contributed by atoms with Crippen molar-refractivity contribution in [3.05, 3.63) is 0 Å². The Morgan fingerprint density at radius 2 is 0.818 bits per heavy atom. The third kappa shape index (κ3) is 768. The summed E-state index contributed by atoms with van der Waals surface area (Å²) in [5.74, 6) is 0. The van der Waals surface area contributed by atoms with Crippen molar-refractivity contribution >= 4 is 7.82 Å². The summed E-state index contributed by atoms with van der Waals surface area (Å²) in [5.41, 5.74) is 0. The Morgan fingerprint density at radius 1 is 0.818 bits per heavy atom. The first kappa shape index (κ1) is 57.4. The second kappa shape index (κ2) is 22.5. The maximum atomic E-state index is 8.55. The first-order valence-corrected chi connectivity index (χ1v) is 2.19. The van der Waals surface area contributed by atoms with Crippen molar-refractivity contribution in [1.29, 1.82) is 0 Å². The topological polar surface area (TPSA) is 212 Å². The molecule has 8 N–H and O–H groups in total. The van der Waals surface area contributed by atoms with Crippen LogP contribution in [0.2, 0.25) is 0 Å². The van der Waals surface area contributed by atoms with E-state index < -0.39 is 7.82 Å². The van der Waals surface area contributed by atoms with E-state index in [9.17, 15) is 0 Å². The molecule has 0 aromatic rings. The molecule has 8 nitrogen and oxygen atoms in total. The maximum absolute atomic E-state index is 8.55. The number of rotatable bonds is 0. The van der Waals surface area contributed by atoms with Gasteiger partial charge in [0.1, 0.15) is 0 Å². The van der Waals surface area contributed by atoms with Gasteiger partial charge in [-0.15, -0.1) is 0 Å². The molecule has 70 valence electrons. The monoisotopic (exact) mass is 287 g/mol. The fraction of sp³-hybridized carbons (Fsp3) is 0. The molecule has 0 aromatic heterocycles. The Bertz CT molecular complexity index is 60.2. The van der Waals surface area contributed by atoms with Gasteiger partial charge in [-0.2, -0.15) is 7.82 Å². The van der Waals surface area contributed by atoms with Crippen molar-refractivity contribution < 1.29 is 77.7 Å². The van der Waals surface area contributed by atoms with E-state index in [0.29, 0.717) is 0 Å². The smallest absolute Gasteiger partial charge is 0.822 e. The summed E-state index contributed by atoms with van der Waals surface area (Å²) in [6.07, 6.45) is 0. The van der Waals surface area contributed by atoms with Crippen LogP contribution in [0.5, 0.6) is 0 Å². The summed E-state index contributed by atoms with van der Waals surface area (Å²) < 4.78 is 8.55. The Kier molecular flexibility index (Phi) is 117. The summed E-state index contributed by atoms with van der Waals surface area (Å²) in [4.78, 5) is 25.6. The summed E-state index contributed by atoms with van der Waals surface area (Å²) in [6, 6.07) is 0. The largest absolute Gasteiger partial charge is 2.00 e. The number of hydrogen-bond acceptors (Lipinski definition) is 4. The molecule has 0 saturated heterocycles. The SMILES string of the molecule is O.O.O.O.O=P([O-])([O-])[O-].[Fe+2].[Zn+2]. The van der Waals surface area contributed by atoms with Crippen LogP contribution in [0.25, 0.3) is 0 Å². The van der Waals surface area contributed by atoms with Crippen LogP contribution in [0, 0.1) is 0 Å². The molecule has 0 atom stereocenters. The second-order valence-electron chi connectivity index (χ2n) is 0.447. The van der Waals surface area contributed by atoms with Gasteiger partial charge in [0, 0.05) is 0 Å². The summed E-state index contributed by atoms with van der Waals surface area (Å²) in [6.45, 7) is 0. The number of phosphoric acid groups is 1. The van der Waals surface area contributed by atoms with Crippen molar-refractivity contribution in [1.82, 2.24) is 0 Å². The van der Waals surface area contributed by atoms with E-state index in [4.69, 9.17) is 19.2 Å². The van der Waals surface area contributed by atoms with Gasteiger partial charge in [-0.1, -0.05) is 0 Å². The van der Waals surface area contributed by atoms with Crippen molar-refractivity contribution in [3.8, 4) is 0 Å². The van der Waals surface area contributed by atoms with Crippen LogP contribution in [0.1, 0.15) is 0 Å². The second-order valence-corrected chi connectivity index (χ2v) is 1.34. The quantitative estimate of drug-likeness (QED) is 0.314. The molecular weight excluding hydrogens is 280 g/mol. The molecule has 0 saturated carbocycles. The van der Waals surface area contributed by atoms with Crippen molar-refractivity contribution in [2.24, 2.45) is 0 Å². The molecule has 0 unspecified atom stereocenters. The van der Waals surface area contributed by atoms with Crippen molar-refractivity contribution in [3.63, 3.8) is 0 Å². The van der Waals surface area contributed by atoms with E-state index in [0.717, 1.165) is 0 Å². The van der Waals surface area contributed by atoms with Crippen LogP contribution in [0.15, 0.2) is 0 Å². The third-order valence-electron chi connectivity index (χ3n) is 0. The van der Waals surface area contributed by atoms with Gasteiger partial charge in [0.25, 0.3) is 0 Å². The predicted molar refractivity (Wildman–Crippen MR) is 22.1 cm³/mol. The summed E-state index contributed by atoms with van der Waals surface area (Å²) in [5, 5.41) is 0. The Hall–Kier alpha value is 1.09. The van der Waals surface area contributed by atoms with E-state index in [1.54, 1.807) is 0 Å². The molecule has 0 aliphatic rings. The van der Waals surface area contributed by atoms with Gasteiger partial charge >= 0.3 is 36.5 Å². The average Bonchev–Trinajstić information content (AvgIpc) is 0.722. The van der Waals surface area contributed by atoms with Crippen LogP contribution in [0.4, 0.5) is 0 Å². The summed E-state index contributed by atoms with van der Waals surface area (Å²) in [7, 11) is -5.39. The standard InChI is InChI=1S/Fe.H3O4P.4H2O.Zn/c;1-5(2,3)4;;;;;/h;(H3,1,2,3,4);4*1H2;/q+2;;;;;;+2/p-3. The minimum absolute atomic E-state index is 0. The molecule has 0 spiro atoms. The molecule has 0 aliphatic carbocycles. The van der Waals surface area contributed by atoms with Gasteiger partial charge in [-0.3, -0.25) is 0 Å². The van der Waals surface area contributed by atoms with Crippen LogP contribution < -0.4 is 14.7 Å². The van der Waals surface area contributed by atoms with Crippen LogP contribution in [-0.2, 0) is 41.1 Å². The van der Waals surface area contributed by atoms with Crippen LogP contribution in [-0.4, -0.2) is 21.9 Å². The van der Waals surface area contributed by atoms with E-state index in [2.05, 4.69) is 0 Å². The van der Waals surface area contributed by atoms with Gasteiger partial charge in [-0.25, -0.2) is 0 Å². The zero-order valence-electron chi connectivity index (χ0n) is 5.14. The van der Waals surface area contributed by atoms with E-state index in [-0.39, 0.29) is 58.5 Å². The zero-order valence-corrected chi connectivity index (χ0v) is 10.1. The predicted octanol–water partition coefficient (Wildman–Crippen LogP) is -6.13. The van der Waals surface area contributed by atoms with Crippen molar-refractivity contribution in [2.45, 2.75) is 0 Å². The van der Waals surface area contributed by atoms with Gasteiger partial charge in [0.2, 0.25) is 0 Å². The molecule has 0 amide bonds.